The van der Waals surface area contributed by atoms with E-state index >= 15 is 0 Å². The molecule has 1 amide bonds. The van der Waals surface area contributed by atoms with Gasteiger partial charge in [0.25, 0.3) is 0 Å². The molecular formula is C14H24N4O. The van der Waals surface area contributed by atoms with E-state index in [0.29, 0.717) is 12.5 Å². The van der Waals surface area contributed by atoms with Gasteiger partial charge in [-0.15, -0.1) is 0 Å². The molecule has 1 rings (SSSR count). The van der Waals surface area contributed by atoms with Crippen LogP contribution in [-0.2, 0) is 4.79 Å². The SMILES string of the molecule is CCNc1cncc(NC(C)C(=O)NCC(C)C)c1. The van der Waals surface area contributed by atoms with Crippen LogP contribution < -0.4 is 16.0 Å². The Bertz CT molecular complexity index is 406. The Hall–Kier alpha value is -1.78. The minimum Gasteiger partial charge on any atom is -0.384 e. The van der Waals surface area contributed by atoms with Crippen molar-refractivity contribution >= 4 is 17.3 Å². The minimum absolute atomic E-state index is 0.00236. The summed E-state index contributed by atoms with van der Waals surface area (Å²) < 4.78 is 0. The van der Waals surface area contributed by atoms with Gasteiger partial charge in [-0.25, -0.2) is 0 Å². The molecular weight excluding hydrogens is 240 g/mol. The second kappa shape index (κ2) is 7.61. The highest BCUT2D eigenvalue weighted by Gasteiger charge is 2.12. The second-order valence-corrected chi connectivity index (χ2v) is 5.00. The van der Waals surface area contributed by atoms with Gasteiger partial charge in [-0.05, 0) is 25.8 Å². The molecule has 0 radical (unpaired) electrons. The van der Waals surface area contributed by atoms with E-state index < -0.39 is 0 Å². The molecule has 106 valence electrons. The van der Waals surface area contributed by atoms with Crippen molar-refractivity contribution in [2.45, 2.75) is 33.7 Å². The number of hydrogen-bond donors (Lipinski definition) is 3. The summed E-state index contributed by atoms with van der Waals surface area (Å²) in [6, 6.07) is 1.67. The number of aromatic nitrogens is 1. The van der Waals surface area contributed by atoms with E-state index in [4.69, 9.17) is 0 Å². The highest BCUT2D eigenvalue weighted by Crippen LogP contribution is 2.13. The molecule has 5 heteroatoms. The Kier molecular flexibility index (Phi) is 6.12. The molecule has 0 aromatic carbocycles. The number of nitrogens with zero attached hydrogens (tertiary/aromatic N) is 1. The predicted molar refractivity (Wildman–Crippen MR) is 79.3 cm³/mol. The molecule has 1 atom stereocenters. The fourth-order valence-corrected chi connectivity index (χ4v) is 1.59. The number of carbonyl (C=O) groups is 1. The highest BCUT2D eigenvalue weighted by molar-refractivity contribution is 5.84. The third kappa shape index (κ3) is 5.59. The lowest BCUT2D eigenvalue weighted by Gasteiger charge is -2.16. The molecule has 0 saturated heterocycles. The first-order valence-electron chi connectivity index (χ1n) is 6.76. The van der Waals surface area contributed by atoms with E-state index in [9.17, 15) is 4.79 Å². The Morgan fingerprint density at radius 3 is 2.58 bits per heavy atom. The zero-order valence-corrected chi connectivity index (χ0v) is 12.2. The number of carbonyl (C=O) groups excluding carboxylic acids is 1. The van der Waals surface area contributed by atoms with Crippen LogP contribution in [0, 0.1) is 5.92 Å². The summed E-state index contributed by atoms with van der Waals surface area (Å²) in [4.78, 5) is 16.0. The van der Waals surface area contributed by atoms with Crippen LogP contribution in [0.15, 0.2) is 18.5 Å². The van der Waals surface area contributed by atoms with Crippen LogP contribution in [-0.4, -0.2) is 30.0 Å². The number of rotatable bonds is 7. The Morgan fingerprint density at radius 2 is 1.95 bits per heavy atom. The maximum absolute atomic E-state index is 11.9. The standard InChI is InChI=1S/C14H24N4O/c1-5-16-12-6-13(9-15-8-12)18-11(4)14(19)17-7-10(2)3/h6,8-11,16,18H,5,7H2,1-4H3,(H,17,19). The fourth-order valence-electron chi connectivity index (χ4n) is 1.59. The molecule has 0 spiro atoms. The molecule has 0 saturated carbocycles. The largest absolute Gasteiger partial charge is 0.384 e. The van der Waals surface area contributed by atoms with Crippen LogP contribution in [0.25, 0.3) is 0 Å². The zero-order chi connectivity index (χ0) is 14.3. The maximum atomic E-state index is 11.9. The van der Waals surface area contributed by atoms with Gasteiger partial charge in [-0.2, -0.15) is 0 Å². The van der Waals surface area contributed by atoms with Gasteiger partial charge in [0.1, 0.15) is 6.04 Å². The van der Waals surface area contributed by atoms with Crippen LogP contribution in [0.4, 0.5) is 11.4 Å². The van der Waals surface area contributed by atoms with Crippen molar-refractivity contribution in [2.75, 3.05) is 23.7 Å². The molecule has 0 aliphatic carbocycles. The summed E-state index contributed by atoms with van der Waals surface area (Å²) >= 11 is 0. The van der Waals surface area contributed by atoms with Crippen LogP contribution in [0.3, 0.4) is 0 Å². The summed E-state index contributed by atoms with van der Waals surface area (Å²) in [5.74, 6) is 0.456. The third-order valence-corrected chi connectivity index (χ3v) is 2.58. The molecule has 1 heterocycles. The van der Waals surface area contributed by atoms with Gasteiger partial charge in [0.2, 0.25) is 5.91 Å². The van der Waals surface area contributed by atoms with Gasteiger partial charge >= 0.3 is 0 Å². The molecule has 5 nitrogen and oxygen atoms in total. The van der Waals surface area contributed by atoms with Crippen molar-refractivity contribution < 1.29 is 4.79 Å². The third-order valence-electron chi connectivity index (χ3n) is 2.58. The van der Waals surface area contributed by atoms with E-state index in [1.54, 1.807) is 12.4 Å². The predicted octanol–water partition coefficient (Wildman–Crippen LogP) is 2.09. The number of anilines is 2. The Morgan fingerprint density at radius 1 is 1.26 bits per heavy atom. The molecule has 3 N–H and O–H groups in total. The highest BCUT2D eigenvalue weighted by atomic mass is 16.2. The van der Waals surface area contributed by atoms with Crippen molar-refractivity contribution in [1.29, 1.82) is 0 Å². The molecule has 19 heavy (non-hydrogen) atoms. The number of amides is 1. The quantitative estimate of drug-likeness (QED) is 0.705. The lowest BCUT2D eigenvalue weighted by molar-refractivity contribution is -0.121. The van der Waals surface area contributed by atoms with Gasteiger partial charge < -0.3 is 16.0 Å². The van der Waals surface area contributed by atoms with Crippen LogP contribution in [0.2, 0.25) is 0 Å². The zero-order valence-electron chi connectivity index (χ0n) is 12.2. The summed E-state index contributed by atoms with van der Waals surface area (Å²) in [6.45, 7) is 9.55. The van der Waals surface area contributed by atoms with Crippen molar-refractivity contribution in [2.24, 2.45) is 5.92 Å². The Balaban J connectivity index is 2.53. The minimum atomic E-state index is -0.280. The van der Waals surface area contributed by atoms with Crippen LogP contribution >= 0.6 is 0 Å². The van der Waals surface area contributed by atoms with Crippen LogP contribution in [0.1, 0.15) is 27.7 Å². The topological polar surface area (TPSA) is 66.0 Å². The average Bonchev–Trinajstić information content (AvgIpc) is 2.36. The van der Waals surface area contributed by atoms with Gasteiger partial charge in [0.05, 0.1) is 23.8 Å². The van der Waals surface area contributed by atoms with Gasteiger partial charge in [0.15, 0.2) is 0 Å². The smallest absolute Gasteiger partial charge is 0.242 e. The number of pyridine rings is 1. The van der Waals surface area contributed by atoms with Gasteiger partial charge in [0, 0.05) is 13.1 Å². The van der Waals surface area contributed by atoms with Crippen LogP contribution in [0.5, 0.6) is 0 Å². The second-order valence-electron chi connectivity index (χ2n) is 5.00. The van der Waals surface area contributed by atoms with E-state index in [1.807, 2.05) is 19.9 Å². The molecule has 0 aliphatic heterocycles. The number of nitrogens with one attached hydrogen (secondary N) is 3. The summed E-state index contributed by atoms with van der Waals surface area (Å²) in [5.41, 5.74) is 1.79. The van der Waals surface area contributed by atoms with Gasteiger partial charge in [-0.3, -0.25) is 9.78 Å². The van der Waals surface area contributed by atoms with Crippen molar-refractivity contribution in [3.05, 3.63) is 18.5 Å². The van der Waals surface area contributed by atoms with E-state index in [2.05, 4.69) is 34.8 Å². The first kappa shape index (κ1) is 15.3. The van der Waals surface area contributed by atoms with E-state index in [-0.39, 0.29) is 11.9 Å². The lowest BCUT2D eigenvalue weighted by atomic mass is 10.2. The first-order valence-corrected chi connectivity index (χ1v) is 6.76. The van der Waals surface area contributed by atoms with Gasteiger partial charge in [-0.1, -0.05) is 13.8 Å². The van der Waals surface area contributed by atoms with Crippen molar-refractivity contribution in [1.82, 2.24) is 10.3 Å². The monoisotopic (exact) mass is 264 g/mol. The summed E-state index contributed by atoms with van der Waals surface area (Å²) in [7, 11) is 0. The molecule has 0 aliphatic rings. The van der Waals surface area contributed by atoms with E-state index in [1.165, 1.54) is 0 Å². The number of hydrogen-bond acceptors (Lipinski definition) is 4. The summed E-state index contributed by atoms with van der Waals surface area (Å²) in [5, 5.41) is 9.24. The molecule has 1 aromatic heterocycles. The van der Waals surface area contributed by atoms with Crippen molar-refractivity contribution in [3.8, 4) is 0 Å². The van der Waals surface area contributed by atoms with Crippen molar-refractivity contribution in [3.63, 3.8) is 0 Å². The fraction of sp³-hybridized carbons (Fsp3) is 0.571. The normalized spacial score (nSPS) is 12.1. The lowest BCUT2D eigenvalue weighted by Crippen LogP contribution is -2.39. The Labute approximate surface area is 115 Å². The maximum Gasteiger partial charge on any atom is 0.242 e. The molecule has 1 unspecified atom stereocenters. The molecule has 0 fully saturated rings. The molecule has 1 aromatic rings. The first-order chi connectivity index (χ1) is 9.02. The van der Waals surface area contributed by atoms with E-state index in [0.717, 1.165) is 17.9 Å². The summed E-state index contributed by atoms with van der Waals surface area (Å²) in [6.07, 6.45) is 3.48. The molecule has 0 bridgehead atoms. The average molecular weight is 264 g/mol.